The number of hydrazone groups is 1. The van der Waals surface area contributed by atoms with Gasteiger partial charge in [0.05, 0.1) is 11.9 Å². The van der Waals surface area contributed by atoms with E-state index in [1.54, 1.807) is 12.3 Å². The maximum Gasteiger partial charge on any atom is 0.289 e. The van der Waals surface area contributed by atoms with Crippen LogP contribution < -0.4 is 10.2 Å². The first-order chi connectivity index (χ1) is 14.7. The molecule has 2 aromatic carbocycles. The lowest BCUT2D eigenvalue weighted by atomic mass is 10.1. The molecule has 150 valence electrons. The third-order valence-electron chi connectivity index (χ3n) is 4.23. The average Bonchev–Trinajstić information content (AvgIpc) is 3.46. The first-order valence-electron chi connectivity index (χ1n) is 9.08. The number of halogens is 1. The Hall–Kier alpha value is -3.42. The molecule has 4 aromatic rings. The summed E-state index contributed by atoms with van der Waals surface area (Å²) in [5.74, 6) is 0.358. The molecular weight excluding hydrogens is 420 g/mol. The van der Waals surface area contributed by atoms with Crippen molar-refractivity contribution in [2.24, 2.45) is 5.10 Å². The third kappa shape index (κ3) is 4.94. The molecule has 0 spiro atoms. The van der Waals surface area contributed by atoms with Crippen LogP contribution in [-0.4, -0.2) is 22.3 Å². The summed E-state index contributed by atoms with van der Waals surface area (Å²) >= 11 is 7.69. The maximum absolute atomic E-state index is 12.2. The van der Waals surface area contributed by atoms with Gasteiger partial charge in [-0.05, 0) is 47.8 Å². The molecule has 0 unspecified atom stereocenters. The molecular formula is C22H17ClN4O2S. The molecule has 2 N–H and O–H groups in total. The van der Waals surface area contributed by atoms with Gasteiger partial charge in [-0.25, -0.2) is 5.43 Å². The topological polar surface area (TPSA) is 79.4 Å². The van der Waals surface area contributed by atoms with E-state index in [1.165, 1.54) is 11.3 Å². The van der Waals surface area contributed by atoms with E-state index in [2.05, 4.69) is 20.7 Å². The molecule has 0 bridgehead atoms. The van der Waals surface area contributed by atoms with Gasteiger partial charge in [0.25, 0.3) is 5.91 Å². The van der Waals surface area contributed by atoms with Crippen LogP contribution in [0.5, 0.6) is 5.75 Å². The van der Waals surface area contributed by atoms with E-state index in [0.29, 0.717) is 23.0 Å². The number of nitrogens with zero attached hydrogens (tertiary/aromatic N) is 2. The van der Waals surface area contributed by atoms with Gasteiger partial charge < -0.3 is 4.74 Å². The number of thiophene rings is 1. The highest BCUT2D eigenvalue weighted by Gasteiger charge is 2.10. The minimum Gasteiger partial charge on any atom is -0.489 e. The fourth-order valence-corrected chi connectivity index (χ4v) is 3.44. The number of hydrogen-bond acceptors (Lipinski definition) is 5. The molecule has 4 rings (SSSR count). The summed E-state index contributed by atoms with van der Waals surface area (Å²) < 4.78 is 5.79. The lowest BCUT2D eigenvalue weighted by Crippen LogP contribution is -2.17. The summed E-state index contributed by atoms with van der Waals surface area (Å²) in [7, 11) is 0. The van der Waals surface area contributed by atoms with E-state index in [4.69, 9.17) is 16.3 Å². The Balaban J connectivity index is 1.36. The number of nitrogens with one attached hydrogen (secondary N) is 2. The molecule has 2 aromatic heterocycles. The van der Waals surface area contributed by atoms with Crippen molar-refractivity contribution in [3.05, 3.63) is 93.3 Å². The highest BCUT2D eigenvalue weighted by molar-refractivity contribution is 7.11. The van der Waals surface area contributed by atoms with E-state index in [9.17, 15) is 4.79 Å². The van der Waals surface area contributed by atoms with Crippen LogP contribution >= 0.6 is 22.9 Å². The number of rotatable bonds is 7. The highest BCUT2D eigenvalue weighted by atomic mass is 35.5. The van der Waals surface area contributed by atoms with Gasteiger partial charge in [0.15, 0.2) is 0 Å². The van der Waals surface area contributed by atoms with Gasteiger partial charge in [-0.15, -0.1) is 11.3 Å². The third-order valence-corrected chi connectivity index (χ3v) is 5.40. The Labute approximate surface area is 182 Å². The summed E-state index contributed by atoms with van der Waals surface area (Å²) in [5.41, 5.74) is 5.24. The quantitative estimate of drug-likeness (QED) is 0.311. The van der Waals surface area contributed by atoms with Crippen molar-refractivity contribution in [1.29, 1.82) is 0 Å². The molecule has 0 saturated carbocycles. The summed E-state index contributed by atoms with van der Waals surface area (Å²) in [6.07, 6.45) is 1.60. The lowest BCUT2D eigenvalue weighted by Gasteiger charge is -2.08. The van der Waals surface area contributed by atoms with Crippen molar-refractivity contribution in [2.75, 3.05) is 0 Å². The maximum atomic E-state index is 12.2. The molecule has 0 radical (unpaired) electrons. The molecule has 8 heteroatoms. The number of benzene rings is 2. The van der Waals surface area contributed by atoms with Crippen LogP contribution in [-0.2, 0) is 6.61 Å². The molecule has 0 aliphatic heterocycles. The van der Waals surface area contributed by atoms with Gasteiger partial charge in [-0.2, -0.15) is 10.2 Å². The smallest absolute Gasteiger partial charge is 0.289 e. The zero-order valence-electron chi connectivity index (χ0n) is 15.7. The average molecular weight is 437 g/mol. The van der Waals surface area contributed by atoms with Crippen molar-refractivity contribution >= 4 is 35.1 Å². The highest BCUT2D eigenvalue weighted by Crippen LogP contribution is 2.23. The van der Waals surface area contributed by atoms with Crippen LogP contribution in [0.15, 0.2) is 77.2 Å². The van der Waals surface area contributed by atoms with E-state index < -0.39 is 0 Å². The van der Waals surface area contributed by atoms with Gasteiger partial charge >= 0.3 is 0 Å². The van der Waals surface area contributed by atoms with Crippen LogP contribution in [0.3, 0.4) is 0 Å². The van der Waals surface area contributed by atoms with Crippen molar-refractivity contribution in [3.8, 4) is 17.0 Å². The predicted octanol–water partition coefficient (Wildman–Crippen LogP) is 5.13. The molecule has 1 amide bonds. The molecule has 2 heterocycles. The first kappa shape index (κ1) is 19.9. The Morgan fingerprint density at radius 2 is 2.00 bits per heavy atom. The molecule has 30 heavy (non-hydrogen) atoms. The molecule has 0 saturated heterocycles. The van der Waals surface area contributed by atoms with Crippen LogP contribution in [0.4, 0.5) is 0 Å². The van der Waals surface area contributed by atoms with Crippen LogP contribution in [0.2, 0.25) is 5.02 Å². The second kappa shape index (κ2) is 9.39. The zero-order chi connectivity index (χ0) is 20.8. The molecule has 6 nitrogen and oxygen atoms in total. The Morgan fingerprint density at radius 1 is 1.17 bits per heavy atom. The first-order valence-corrected chi connectivity index (χ1v) is 10.3. The second-order valence-electron chi connectivity index (χ2n) is 6.29. The fraction of sp³-hybridized carbons (Fsp3) is 0.0455. The zero-order valence-corrected chi connectivity index (χ0v) is 17.3. The monoisotopic (exact) mass is 436 g/mol. The van der Waals surface area contributed by atoms with E-state index in [1.807, 2.05) is 66.0 Å². The number of hydrogen-bond donors (Lipinski definition) is 2. The van der Waals surface area contributed by atoms with Crippen LogP contribution in [0.1, 0.15) is 20.9 Å². The minimum atomic E-state index is -0.360. The summed E-state index contributed by atoms with van der Waals surface area (Å²) in [6.45, 7) is 0.387. The standard InChI is InChI=1S/C22H17ClN4O2S/c23-19-6-2-1-4-16(19)14-29-17-9-7-15(8-10-17)20-12-21(26-25-20)22(28)27-24-13-18-5-3-11-30-18/h1-13H,14H2,(H,25,26)(H,27,28). The van der Waals surface area contributed by atoms with Gasteiger partial charge in [0.2, 0.25) is 0 Å². The van der Waals surface area contributed by atoms with Crippen molar-refractivity contribution in [3.63, 3.8) is 0 Å². The van der Waals surface area contributed by atoms with Gasteiger partial charge in [0.1, 0.15) is 18.1 Å². The second-order valence-corrected chi connectivity index (χ2v) is 7.67. The summed E-state index contributed by atoms with van der Waals surface area (Å²) in [4.78, 5) is 13.2. The Bertz CT molecular complexity index is 1150. The van der Waals surface area contributed by atoms with Crippen molar-refractivity contribution in [1.82, 2.24) is 15.6 Å². The van der Waals surface area contributed by atoms with Crippen LogP contribution in [0, 0.1) is 0 Å². The minimum absolute atomic E-state index is 0.326. The largest absolute Gasteiger partial charge is 0.489 e. The Kier molecular flexibility index (Phi) is 6.22. The number of H-pyrrole nitrogens is 1. The van der Waals surface area contributed by atoms with Crippen LogP contribution in [0.25, 0.3) is 11.3 Å². The lowest BCUT2D eigenvalue weighted by molar-refractivity contribution is 0.0950. The number of carbonyl (C=O) groups excluding carboxylic acids is 1. The number of carbonyl (C=O) groups is 1. The Morgan fingerprint density at radius 3 is 2.77 bits per heavy atom. The van der Waals surface area contributed by atoms with E-state index in [-0.39, 0.29) is 5.91 Å². The van der Waals surface area contributed by atoms with Gasteiger partial charge in [-0.3, -0.25) is 9.89 Å². The number of amides is 1. The molecule has 0 aliphatic carbocycles. The summed E-state index contributed by atoms with van der Waals surface area (Å²) in [5, 5.41) is 13.5. The van der Waals surface area contributed by atoms with Crippen molar-refractivity contribution in [2.45, 2.75) is 6.61 Å². The predicted molar refractivity (Wildman–Crippen MR) is 119 cm³/mol. The summed E-state index contributed by atoms with van der Waals surface area (Å²) in [6, 6.07) is 20.6. The van der Waals surface area contributed by atoms with E-state index >= 15 is 0 Å². The van der Waals surface area contributed by atoms with Crippen molar-refractivity contribution < 1.29 is 9.53 Å². The molecule has 0 aliphatic rings. The molecule has 0 atom stereocenters. The number of aromatic nitrogens is 2. The SMILES string of the molecule is O=C(NN=Cc1cccs1)c1cc(-c2ccc(OCc3ccccc3Cl)cc2)n[nH]1. The van der Waals surface area contributed by atoms with Gasteiger partial charge in [-0.1, -0.05) is 35.9 Å². The normalized spacial score (nSPS) is 11.0. The fourth-order valence-electron chi connectivity index (χ4n) is 2.66. The van der Waals surface area contributed by atoms with E-state index in [0.717, 1.165) is 21.8 Å². The number of aromatic amines is 1. The number of ether oxygens (including phenoxy) is 1. The molecule has 0 fully saturated rings. The van der Waals surface area contributed by atoms with Gasteiger partial charge in [0, 0.05) is 21.0 Å².